The van der Waals surface area contributed by atoms with Crippen LogP contribution >= 0.6 is 0 Å². The van der Waals surface area contributed by atoms with Crippen LogP contribution in [0.25, 0.3) is 10.4 Å². The first-order valence-corrected chi connectivity index (χ1v) is 24.6. The number of nitrogens with zero attached hydrogens (tertiary/aromatic N) is 6. The van der Waals surface area contributed by atoms with Crippen LogP contribution in [0.5, 0.6) is 11.5 Å². The zero-order valence-corrected chi connectivity index (χ0v) is 45.4. The summed E-state index contributed by atoms with van der Waals surface area (Å²) in [5, 5.41) is 0. The molecular formula is C70H67N9O6. The van der Waals surface area contributed by atoms with Gasteiger partial charge in [0, 0.05) is 67.3 Å². The average Bonchev–Trinajstić information content (AvgIpc) is 1.71. The highest BCUT2D eigenvalue weighted by molar-refractivity contribution is 6.21. The predicted molar refractivity (Wildman–Crippen MR) is 353 cm³/mol. The van der Waals surface area contributed by atoms with Crippen molar-refractivity contribution in [3.05, 3.63) is 211 Å². The van der Waals surface area contributed by atoms with E-state index in [0.717, 1.165) is 67.7 Å². The molecule has 2 aliphatic rings. The third-order valence-corrected chi connectivity index (χ3v) is 10.9. The lowest BCUT2D eigenvalue weighted by atomic mass is 10.00. The Hall–Kier alpha value is -12.8. The summed E-state index contributed by atoms with van der Waals surface area (Å²) in [6.45, 7) is 2.51. The van der Waals surface area contributed by atoms with Crippen molar-refractivity contribution in [2.45, 2.75) is 39.8 Å². The van der Waals surface area contributed by atoms with Gasteiger partial charge in [0.25, 0.3) is 11.8 Å². The summed E-state index contributed by atoms with van der Waals surface area (Å²) in [4.78, 5) is 54.5. The fourth-order valence-corrected chi connectivity index (χ4v) is 7.34. The minimum atomic E-state index is -0.958. The van der Waals surface area contributed by atoms with Gasteiger partial charge >= 0.3 is 0 Å². The van der Waals surface area contributed by atoms with E-state index in [1.807, 2.05) is 158 Å². The molecular weight excluding hydrogens is 1060 g/mol. The van der Waals surface area contributed by atoms with E-state index in [2.05, 4.69) is 134 Å². The summed E-state index contributed by atoms with van der Waals surface area (Å²) in [7, 11) is 3.26. The minimum Gasteiger partial charge on any atom is -0.497 e. The standard InChI is InChI=1S/2C23H21N3O2.C23H4.CH4.HN3.O2.8H2/c2*1-28-18-13-11-16(12-14-18)15-26-20-10-6-5-9-19(20)21(25-22(24)23(26)27)17-7-3-2-4-8-17;1-3-5-7-9-11-13-15-17-19-21-23-22-20-18-16-14-12-10-8-6-4-2;;1-3-2;1-2;;;;;;;;/h2*2-14,22H,15,24H2,1H3;1H,2H3;1H4;1H;;8*1H/t2*22-;;;;;;;;;;;;/m00............/s1. The van der Waals surface area contributed by atoms with E-state index in [9.17, 15) is 9.59 Å². The minimum absolute atomic E-state index is 0. The van der Waals surface area contributed by atoms with Crippen LogP contribution in [-0.4, -0.2) is 49.8 Å². The number of methoxy groups -OCH3 is 2. The van der Waals surface area contributed by atoms with Gasteiger partial charge in [-0.25, -0.2) is 0 Å². The van der Waals surface area contributed by atoms with Gasteiger partial charge in [-0.15, -0.1) is 12.0 Å². The first-order chi connectivity index (χ1) is 41.2. The second kappa shape index (κ2) is 38.7. The van der Waals surface area contributed by atoms with Gasteiger partial charge in [-0.05, 0) is 160 Å². The van der Waals surface area contributed by atoms with E-state index in [-0.39, 0.29) is 30.7 Å². The van der Waals surface area contributed by atoms with Crippen LogP contribution in [0.2, 0.25) is 0 Å². The number of carbonyl (C=O) groups is 2. The van der Waals surface area contributed by atoms with Crippen molar-refractivity contribution in [2.75, 3.05) is 24.0 Å². The van der Waals surface area contributed by atoms with Gasteiger partial charge in [0.05, 0.1) is 50.1 Å². The van der Waals surface area contributed by atoms with E-state index in [4.69, 9.17) is 48.4 Å². The lowest BCUT2D eigenvalue weighted by Crippen LogP contribution is -2.41. The Morgan fingerprint density at radius 3 is 1.08 bits per heavy atom. The van der Waals surface area contributed by atoms with Crippen molar-refractivity contribution in [2.24, 2.45) is 21.5 Å². The molecule has 0 fully saturated rings. The van der Waals surface area contributed by atoms with E-state index in [0.29, 0.717) is 13.1 Å². The van der Waals surface area contributed by atoms with Crippen LogP contribution in [0.4, 0.5) is 11.4 Å². The Morgan fingerprint density at radius 1 is 0.506 bits per heavy atom. The largest absolute Gasteiger partial charge is 0.497 e. The number of benzodiazepines with no additional fused rings is 2. The Morgan fingerprint density at radius 2 is 0.788 bits per heavy atom. The SMILES string of the molecule is C.C#CC#CC#CC#CC#CC#CC#CC#CC#CC#CC#CC.COc1ccc(CN2C(=O)[C@@H](N)N=C(c3ccccc3)c3ccccc32)cc1.COc1ccc(CN2C(=O)[C@@H](N)N=C(c3ccccc3)c3ccccc32)cc1.O=O.[HH].[HH].[HH].[HH].[HH].[HH].[HH].[HH].[N-]=[N+]=N. The van der Waals surface area contributed by atoms with Crippen LogP contribution in [0.3, 0.4) is 0 Å². The molecule has 0 bridgehead atoms. The van der Waals surface area contributed by atoms with Crippen LogP contribution in [0.1, 0.15) is 59.1 Å². The molecule has 6 aromatic rings. The zero-order valence-electron chi connectivity index (χ0n) is 45.4. The Labute approximate surface area is 507 Å². The molecule has 2 amide bonds. The first kappa shape index (κ1) is 66.5. The fraction of sp³-hybridized carbons (Fsp3) is 0.114. The average molecular weight is 1130 g/mol. The molecule has 15 nitrogen and oxygen atoms in total. The van der Waals surface area contributed by atoms with E-state index < -0.39 is 12.3 Å². The number of ether oxygens (including phenoxy) is 2. The highest BCUT2D eigenvalue weighted by atomic mass is 16.7. The van der Waals surface area contributed by atoms with E-state index in [1.165, 1.54) is 0 Å². The fourth-order valence-electron chi connectivity index (χ4n) is 7.34. The monoisotopic (exact) mass is 1130 g/mol. The molecule has 5 N–H and O–H groups in total. The second-order valence-electron chi connectivity index (χ2n) is 16.0. The molecule has 0 saturated heterocycles. The second-order valence-corrected chi connectivity index (χ2v) is 16.0. The highest BCUT2D eigenvalue weighted by Gasteiger charge is 2.31. The number of fused-ring (bicyclic) bond motifs is 2. The van der Waals surface area contributed by atoms with Gasteiger partial charge < -0.3 is 30.7 Å². The zero-order chi connectivity index (χ0) is 60.6. The Bertz CT molecular complexity index is 3990. The molecule has 0 unspecified atom stereocenters. The molecule has 428 valence electrons. The molecule has 0 aromatic heterocycles. The quantitative estimate of drug-likeness (QED) is 0.0573. The first-order valence-electron chi connectivity index (χ1n) is 24.6. The number of nitrogens with one attached hydrogen (secondary N) is 1. The molecule has 2 atom stereocenters. The number of hydrogen-bond acceptors (Lipinski definition) is 11. The summed E-state index contributed by atoms with van der Waals surface area (Å²) < 4.78 is 10.4. The number of rotatable bonds is 8. The van der Waals surface area contributed by atoms with Gasteiger partial charge in [-0.1, -0.05) is 135 Å². The number of anilines is 2. The van der Waals surface area contributed by atoms with Crippen molar-refractivity contribution >= 4 is 34.6 Å². The topological polar surface area (TPSA) is 230 Å². The van der Waals surface area contributed by atoms with Gasteiger partial charge in [-0.2, -0.15) is 0 Å². The molecule has 6 aromatic carbocycles. The lowest BCUT2D eigenvalue weighted by molar-refractivity contribution is -0.120. The molecule has 15 heteroatoms. The van der Waals surface area contributed by atoms with Gasteiger partial charge in [0.1, 0.15) is 11.5 Å². The molecule has 2 heterocycles. The number of aliphatic imine (C=N–C) groups is 2. The summed E-state index contributed by atoms with van der Waals surface area (Å²) in [6, 6.07) is 50.5. The Balaban J connectivity index is -0.000000283. The normalized spacial score (nSPS) is 11.9. The van der Waals surface area contributed by atoms with Crippen molar-refractivity contribution in [3.63, 3.8) is 0 Å². The number of para-hydroxylation sites is 2. The van der Waals surface area contributed by atoms with Gasteiger partial charge in [0.2, 0.25) is 0 Å². The molecule has 0 radical (unpaired) electrons. The summed E-state index contributed by atoms with van der Waals surface area (Å²) >= 11 is 0. The highest BCUT2D eigenvalue weighted by Crippen LogP contribution is 2.31. The van der Waals surface area contributed by atoms with Crippen LogP contribution in [-0.2, 0) is 22.7 Å². The maximum atomic E-state index is 13.1. The molecule has 2 aliphatic heterocycles. The van der Waals surface area contributed by atoms with Gasteiger partial charge in [-0.3, -0.25) is 19.6 Å². The summed E-state index contributed by atoms with van der Waals surface area (Å²) in [6.07, 6.45) is 2.99. The smallest absolute Gasteiger partial charge is 0.266 e. The molecule has 0 aliphatic carbocycles. The maximum absolute atomic E-state index is 13.1. The summed E-state index contributed by atoms with van der Waals surface area (Å²) in [5.74, 6) is 53.0. The third-order valence-electron chi connectivity index (χ3n) is 10.9. The van der Waals surface area contributed by atoms with Gasteiger partial charge in [0.15, 0.2) is 12.3 Å². The van der Waals surface area contributed by atoms with Crippen LogP contribution < -0.4 is 30.7 Å². The molecule has 8 rings (SSSR count). The lowest BCUT2D eigenvalue weighted by Gasteiger charge is -2.24. The predicted octanol–water partition coefficient (Wildman–Crippen LogP) is 10.9. The number of hydrogen-bond donors (Lipinski definition) is 3. The van der Waals surface area contributed by atoms with Crippen molar-refractivity contribution in [1.82, 2.24) is 0 Å². The number of amides is 2. The summed E-state index contributed by atoms with van der Waals surface area (Å²) in [5.41, 5.74) is 33.3. The number of nitrogens with two attached hydrogens (primary N) is 2. The Kier molecular flexibility index (Phi) is 30.3. The van der Waals surface area contributed by atoms with Crippen LogP contribution in [0.15, 0.2) is 168 Å². The van der Waals surface area contributed by atoms with Crippen molar-refractivity contribution in [1.29, 1.82) is 5.53 Å². The molecule has 85 heavy (non-hydrogen) atoms. The van der Waals surface area contributed by atoms with Crippen molar-refractivity contribution < 1.29 is 30.5 Å². The van der Waals surface area contributed by atoms with Crippen molar-refractivity contribution in [3.8, 4) is 142 Å². The molecule has 0 spiro atoms. The van der Waals surface area contributed by atoms with E-state index >= 15 is 0 Å². The van der Waals surface area contributed by atoms with Crippen LogP contribution in [0, 0.1) is 146 Å². The number of carbonyl (C=O) groups excluding carboxylic acids is 2. The third kappa shape index (κ3) is 21.7. The maximum Gasteiger partial charge on any atom is 0.266 e. The molecule has 0 saturated carbocycles. The van der Waals surface area contributed by atoms with E-state index in [1.54, 1.807) is 35.9 Å². The number of terminal acetylenes is 1. The number of benzene rings is 6.